The van der Waals surface area contributed by atoms with Gasteiger partial charge >= 0.3 is 5.97 Å². The van der Waals surface area contributed by atoms with Gasteiger partial charge in [-0.2, -0.15) is 0 Å². The SMILES string of the molecule is Cc1cc(C)cc(OC(=O)c2ccc(N3C(=O)[C@@H]4[C@H]5C=C[C@@H]([C@@H]6C[C@H]56)[C@@H]4C3=O)cc2)c1. The summed E-state index contributed by atoms with van der Waals surface area (Å²) in [6.45, 7) is 3.90. The van der Waals surface area contributed by atoms with Gasteiger partial charge in [-0.3, -0.25) is 14.5 Å². The number of hydrogen-bond donors (Lipinski definition) is 0. The maximum absolute atomic E-state index is 13.2. The molecule has 4 aliphatic carbocycles. The number of anilines is 1. The Labute approximate surface area is 180 Å². The highest BCUT2D eigenvalue weighted by atomic mass is 16.5. The van der Waals surface area contributed by atoms with Crippen molar-refractivity contribution >= 4 is 23.5 Å². The number of nitrogens with zero attached hydrogens (tertiary/aromatic N) is 1. The van der Waals surface area contributed by atoms with Crippen molar-refractivity contribution in [3.05, 3.63) is 71.3 Å². The van der Waals surface area contributed by atoms with Crippen LogP contribution in [-0.4, -0.2) is 17.8 Å². The molecule has 2 bridgehead atoms. The first kappa shape index (κ1) is 18.6. The van der Waals surface area contributed by atoms with Crippen LogP contribution in [0.2, 0.25) is 0 Å². The molecule has 5 nitrogen and oxygen atoms in total. The summed E-state index contributed by atoms with van der Waals surface area (Å²) in [5.74, 6) is 0.970. The monoisotopic (exact) mass is 413 g/mol. The van der Waals surface area contributed by atoms with Gasteiger partial charge in [0.15, 0.2) is 0 Å². The van der Waals surface area contributed by atoms with Crippen LogP contribution in [-0.2, 0) is 9.59 Å². The number of aryl methyl sites for hydroxylation is 2. The zero-order valence-corrected chi connectivity index (χ0v) is 17.4. The minimum atomic E-state index is -0.466. The Morgan fingerprint density at radius 3 is 1.97 bits per heavy atom. The van der Waals surface area contributed by atoms with Gasteiger partial charge in [-0.15, -0.1) is 0 Å². The Kier molecular flexibility index (Phi) is 3.83. The second kappa shape index (κ2) is 6.39. The molecule has 6 atom stereocenters. The van der Waals surface area contributed by atoms with E-state index in [1.807, 2.05) is 32.0 Å². The number of allylic oxidation sites excluding steroid dienone is 2. The quantitative estimate of drug-likeness (QED) is 0.329. The molecule has 7 rings (SSSR count). The maximum Gasteiger partial charge on any atom is 0.343 e. The van der Waals surface area contributed by atoms with Gasteiger partial charge in [-0.05, 0) is 91.5 Å². The summed E-state index contributed by atoms with van der Waals surface area (Å²) in [5, 5.41) is 0. The molecule has 1 aliphatic heterocycles. The van der Waals surface area contributed by atoms with E-state index in [9.17, 15) is 14.4 Å². The fourth-order valence-electron chi connectivity index (χ4n) is 6.12. The lowest BCUT2D eigenvalue weighted by Gasteiger charge is -2.37. The summed E-state index contributed by atoms with van der Waals surface area (Å²) in [6, 6.07) is 12.2. The van der Waals surface area contributed by atoms with E-state index >= 15 is 0 Å². The number of carbonyl (C=O) groups is 3. The molecule has 3 fully saturated rings. The second-order valence-electron chi connectivity index (χ2n) is 9.43. The van der Waals surface area contributed by atoms with Gasteiger partial charge in [0.05, 0.1) is 23.1 Å². The topological polar surface area (TPSA) is 63.7 Å². The van der Waals surface area contributed by atoms with Crippen LogP contribution < -0.4 is 9.64 Å². The number of amides is 2. The molecule has 2 saturated carbocycles. The van der Waals surface area contributed by atoms with E-state index in [2.05, 4.69) is 12.2 Å². The van der Waals surface area contributed by atoms with Crippen LogP contribution >= 0.6 is 0 Å². The van der Waals surface area contributed by atoms with E-state index < -0.39 is 5.97 Å². The van der Waals surface area contributed by atoms with Gasteiger partial charge in [0.2, 0.25) is 11.8 Å². The number of rotatable bonds is 3. The summed E-state index contributed by atoms with van der Waals surface area (Å²) in [5.41, 5.74) is 2.95. The molecule has 5 aliphatic rings. The van der Waals surface area contributed by atoms with Gasteiger partial charge in [0, 0.05) is 0 Å². The van der Waals surface area contributed by atoms with Crippen molar-refractivity contribution in [3.8, 4) is 5.75 Å². The Morgan fingerprint density at radius 1 is 0.871 bits per heavy atom. The van der Waals surface area contributed by atoms with E-state index in [0.717, 1.165) is 17.5 Å². The molecule has 0 N–H and O–H groups in total. The molecule has 0 unspecified atom stereocenters. The van der Waals surface area contributed by atoms with Crippen LogP contribution in [0.1, 0.15) is 27.9 Å². The predicted molar refractivity (Wildman–Crippen MR) is 115 cm³/mol. The first-order valence-corrected chi connectivity index (χ1v) is 10.9. The number of esters is 1. The second-order valence-corrected chi connectivity index (χ2v) is 9.43. The lowest BCUT2D eigenvalue weighted by Crippen LogP contribution is -2.40. The molecular weight excluding hydrogens is 390 g/mol. The van der Waals surface area contributed by atoms with Crippen molar-refractivity contribution in [1.29, 1.82) is 0 Å². The molecule has 156 valence electrons. The fraction of sp³-hybridized carbons (Fsp3) is 0.346. The predicted octanol–water partition coefficient (Wildman–Crippen LogP) is 4.08. The Bertz CT molecular complexity index is 1110. The van der Waals surface area contributed by atoms with Crippen molar-refractivity contribution in [2.24, 2.45) is 35.5 Å². The average molecular weight is 413 g/mol. The number of ether oxygens (including phenoxy) is 1. The Morgan fingerprint density at radius 2 is 1.42 bits per heavy atom. The molecule has 2 amide bonds. The van der Waals surface area contributed by atoms with Crippen LogP contribution in [0.3, 0.4) is 0 Å². The van der Waals surface area contributed by atoms with E-state index in [1.165, 1.54) is 4.90 Å². The highest BCUT2D eigenvalue weighted by Gasteiger charge is 2.67. The third kappa shape index (κ3) is 2.72. The normalized spacial score (nSPS) is 32.1. The molecule has 31 heavy (non-hydrogen) atoms. The summed E-state index contributed by atoms with van der Waals surface area (Å²) in [6.07, 6.45) is 5.48. The van der Waals surface area contributed by atoms with Crippen molar-refractivity contribution in [2.45, 2.75) is 20.3 Å². The zero-order chi connectivity index (χ0) is 21.4. The molecular formula is C26H23NO4. The van der Waals surface area contributed by atoms with E-state index in [1.54, 1.807) is 24.3 Å². The van der Waals surface area contributed by atoms with Crippen LogP contribution in [0, 0.1) is 49.4 Å². The van der Waals surface area contributed by atoms with E-state index in [-0.39, 0.29) is 35.5 Å². The van der Waals surface area contributed by atoms with E-state index in [4.69, 9.17) is 4.74 Å². The minimum Gasteiger partial charge on any atom is -0.423 e. The van der Waals surface area contributed by atoms with Crippen LogP contribution in [0.15, 0.2) is 54.6 Å². The zero-order valence-electron chi connectivity index (χ0n) is 17.4. The van der Waals surface area contributed by atoms with Crippen molar-refractivity contribution < 1.29 is 19.1 Å². The highest BCUT2D eigenvalue weighted by Crippen LogP contribution is 2.65. The molecule has 0 spiro atoms. The summed E-state index contributed by atoms with van der Waals surface area (Å²) >= 11 is 0. The Hall–Kier alpha value is -3.21. The number of imide groups is 1. The van der Waals surface area contributed by atoms with Gasteiger partial charge in [0.1, 0.15) is 5.75 Å². The van der Waals surface area contributed by atoms with Gasteiger partial charge in [0.25, 0.3) is 0 Å². The van der Waals surface area contributed by atoms with Gasteiger partial charge in [-0.25, -0.2) is 4.79 Å². The summed E-state index contributed by atoms with van der Waals surface area (Å²) < 4.78 is 5.51. The highest BCUT2D eigenvalue weighted by molar-refractivity contribution is 6.22. The molecule has 0 radical (unpaired) electrons. The van der Waals surface area contributed by atoms with Crippen molar-refractivity contribution in [3.63, 3.8) is 0 Å². The van der Waals surface area contributed by atoms with Crippen molar-refractivity contribution in [1.82, 2.24) is 0 Å². The lowest BCUT2D eigenvalue weighted by molar-refractivity contribution is -0.124. The first-order chi connectivity index (χ1) is 14.9. The fourth-order valence-corrected chi connectivity index (χ4v) is 6.12. The van der Waals surface area contributed by atoms with Gasteiger partial charge < -0.3 is 4.74 Å². The van der Waals surface area contributed by atoms with Crippen LogP contribution in [0.25, 0.3) is 0 Å². The standard InChI is InChI=1S/C26H23NO4/c1-13-9-14(2)11-17(10-13)31-26(30)15-3-5-16(6-4-15)27-24(28)22-18-7-8-19(21-12-20(18)21)23(22)25(27)29/h3-11,18-23H,12H2,1-2H3/t18-,19-,20-,21+,22-,23+/m0/s1. The summed E-state index contributed by atoms with van der Waals surface area (Å²) in [4.78, 5) is 40.3. The first-order valence-electron chi connectivity index (χ1n) is 10.9. The third-order valence-electron chi connectivity index (χ3n) is 7.43. The molecule has 1 saturated heterocycles. The number of carbonyl (C=O) groups excluding carboxylic acids is 3. The van der Waals surface area contributed by atoms with Gasteiger partial charge in [-0.1, -0.05) is 18.2 Å². The Balaban J connectivity index is 1.23. The molecule has 5 heteroatoms. The lowest BCUT2D eigenvalue weighted by atomic mass is 9.63. The van der Waals surface area contributed by atoms with Crippen LogP contribution in [0.5, 0.6) is 5.75 Å². The maximum atomic E-state index is 13.2. The molecule has 0 aromatic heterocycles. The minimum absolute atomic E-state index is 0.0923. The van der Waals surface area contributed by atoms with Crippen LogP contribution in [0.4, 0.5) is 5.69 Å². The molecule has 2 aromatic rings. The third-order valence-corrected chi connectivity index (χ3v) is 7.43. The van der Waals surface area contributed by atoms with E-state index in [0.29, 0.717) is 28.8 Å². The number of hydrogen-bond acceptors (Lipinski definition) is 4. The summed E-state index contributed by atoms with van der Waals surface area (Å²) in [7, 11) is 0. The largest absolute Gasteiger partial charge is 0.423 e. The molecule has 2 aromatic carbocycles. The average Bonchev–Trinajstić information content (AvgIpc) is 3.51. The molecule has 1 heterocycles. The van der Waals surface area contributed by atoms with Crippen molar-refractivity contribution in [2.75, 3.05) is 4.90 Å². The number of benzene rings is 2. The smallest absolute Gasteiger partial charge is 0.343 e.